The van der Waals surface area contributed by atoms with Crippen molar-refractivity contribution in [2.45, 2.75) is 33.0 Å². The van der Waals surface area contributed by atoms with Crippen LogP contribution in [-0.2, 0) is 22.7 Å². The van der Waals surface area contributed by atoms with Crippen LogP contribution in [0.15, 0.2) is 24.3 Å². The summed E-state index contributed by atoms with van der Waals surface area (Å²) in [4.78, 5) is 11.4. The number of methoxy groups -OCH3 is 1. The largest absolute Gasteiger partial charge is 0.469 e. The van der Waals surface area contributed by atoms with Gasteiger partial charge in [-0.05, 0) is 18.1 Å². The molecule has 1 rings (SSSR count). The number of hydrogen-bond acceptors (Lipinski definition) is 4. The van der Waals surface area contributed by atoms with E-state index in [9.17, 15) is 4.79 Å². The molecule has 100 valence electrons. The van der Waals surface area contributed by atoms with Crippen LogP contribution >= 0.6 is 0 Å². The minimum Gasteiger partial charge on any atom is -0.469 e. The number of esters is 1. The quantitative estimate of drug-likeness (QED) is 0.752. The summed E-state index contributed by atoms with van der Waals surface area (Å²) >= 11 is 0. The number of ether oxygens (including phenoxy) is 1. The number of rotatable bonds is 6. The van der Waals surface area contributed by atoms with E-state index in [4.69, 9.17) is 9.84 Å². The van der Waals surface area contributed by atoms with E-state index < -0.39 is 0 Å². The molecule has 0 spiro atoms. The summed E-state index contributed by atoms with van der Waals surface area (Å²) < 4.78 is 4.71. The number of aliphatic hydroxyl groups is 1. The summed E-state index contributed by atoms with van der Waals surface area (Å²) in [6.07, 6.45) is 0. The molecule has 0 bridgehead atoms. The van der Waals surface area contributed by atoms with Crippen LogP contribution in [0.3, 0.4) is 0 Å². The molecule has 2 N–H and O–H groups in total. The van der Waals surface area contributed by atoms with Crippen LogP contribution in [0.1, 0.15) is 25.0 Å². The lowest BCUT2D eigenvalue weighted by atomic mass is 10.0. The van der Waals surface area contributed by atoms with Crippen molar-refractivity contribution in [2.75, 3.05) is 7.11 Å². The molecule has 0 aliphatic heterocycles. The van der Waals surface area contributed by atoms with E-state index in [1.165, 1.54) is 7.11 Å². The molecule has 0 saturated carbocycles. The molecule has 2 atom stereocenters. The fourth-order valence-corrected chi connectivity index (χ4v) is 1.68. The average Bonchev–Trinajstić information content (AvgIpc) is 2.43. The van der Waals surface area contributed by atoms with Crippen molar-refractivity contribution in [3.05, 3.63) is 35.4 Å². The highest BCUT2D eigenvalue weighted by molar-refractivity contribution is 5.72. The Morgan fingerprint density at radius 2 is 2.06 bits per heavy atom. The van der Waals surface area contributed by atoms with Crippen molar-refractivity contribution in [1.82, 2.24) is 5.32 Å². The number of carbonyl (C=O) groups is 1. The Labute approximate surface area is 108 Å². The van der Waals surface area contributed by atoms with Gasteiger partial charge in [0.1, 0.15) is 0 Å². The molecule has 0 aliphatic rings. The van der Waals surface area contributed by atoms with Crippen LogP contribution in [0.5, 0.6) is 0 Å². The smallest absolute Gasteiger partial charge is 0.309 e. The third kappa shape index (κ3) is 4.13. The molecule has 0 fully saturated rings. The molecule has 4 nitrogen and oxygen atoms in total. The molecule has 0 amide bonds. The van der Waals surface area contributed by atoms with Crippen LogP contribution in [-0.4, -0.2) is 24.2 Å². The third-order valence-electron chi connectivity index (χ3n) is 3.13. The van der Waals surface area contributed by atoms with E-state index in [0.717, 1.165) is 11.1 Å². The van der Waals surface area contributed by atoms with Gasteiger partial charge in [0.2, 0.25) is 0 Å². The predicted octanol–water partition coefficient (Wildman–Crippen LogP) is 1.47. The fourth-order valence-electron chi connectivity index (χ4n) is 1.68. The number of hydrogen-bond donors (Lipinski definition) is 2. The van der Waals surface area contributed by atoms with E-state index in [0.29, 0.717) is 6.54 Å². The van der Waals surface area contributed by atoms with Crippen molar-refractivity contribution in [3.8, 4) is 0 Å². The summed E-state index contributed by atoms with van der Waals surface area (Å²) in [5.74, 6) is -0.393. The molecule has 0 heterocycles. The van der Waals surface area contributed by atoms with Gasteiger partial charge >= 0.3 is 5.97 Å². The molecule has 0 radical (unpaired) electrons. The minimum atomic E-state index is -0.209. The highest BCUT2D eigenvalue weighted by Crippen LogP contribution is 2.08. The Bertz CT molecular complexity index is 392. The van der Waals surface area contributed by atoms with E-state index in [1.54, 1.807) is 0 Å². The standard InChI is InChI=1S/C14H21NO3/c1-10(14(17)18-3)11(2)15-8-12-5-4-6-13(7-12)9-16/h4-7,10-11,15-16H,8-9H2,1-3H3. The van der Waals surface area contributed by atoms with Gasteiger partial charge in [0.25, 0.3) is 0 Å². The third-order valence-corrected chi connectivity index (χ3v) is 3.13. The molecule has 1 aromatic carbocycles. The molecule has 4 heteroatoms. The highest BCUT2D eigenvalue weighted by Gasteiger charge is 2.20. The maximum atomic E-state index is 11.4. The second kappa shape index (κ2) is 7.13. The van der Waals surface area contributed by atoms with Crippen LogP contribution < -0.4 is 5.32 Å². The van der Waals surface area contributed by atoms with Crippen molar-refractivity contribution in [1.29, 1.82) is 0 Å². The monoisotopic (exact) mass is 251 g/mol. The Kier molecular flexibility index (Phi) is 5.82. The first-order valence-corrected chi connectivity index (χ1v) is 6.08. The molecule has 0 aliphatic carbocycles. The first-order chi connectivity index (χ1) is 8.58. The molecule has 18 heavy (non-hydrogen) atoms. The minimum absolute atomic E-state index is 0.0373. The van der Waals surface area contributed by atoms with Crippen molar-refractivity contribution >= 4 is 5.97 Å². The van der Waals surface area contributed by atoms with Gasteiger partial charge < -0.3 is 15.2 Å². The lowest BCUT2D eigenvalue weighted by Crippen LogP contribution is -2.36. The Balaban J connectivity index is 2.51. The molecule has 1 aromatic rings. The van der Waals surface area contributed by atoms with Crippen LogP contribution in [0.25, 0.3) is 0 Å². The lowest BCUT2D eigenvalue weighted by molar-refractivity contribution is -0.145. The average molecular weight is 251 g/mol. The van der Waals surface area contributed by atoms with Gasteiger partial charge in [-0.1, -0.05) is 31.2 Å². The summed E-state index contributed by atoms with van der Waals surface area (Å²) in [6, 6.07) is 7.76. The Morgan fingerprint density at radius 3 is 2.67 bits per heavy atom. The zero-order valence-electron chi connectivity index (χ0n) is 11.1. The Hall–Kier alpha value is -1.39. The van der Waals surface area contributed by atoms with Crippen molar-refractivity contribution < 1.29 is 14.6 Å². The first kappa shape index (κ1) is 14.7. The Morgan fingerprint density at radius 1 is 1.39 bits per heavy atom. The van der Waals surface area contributed by atoms with E-state index in [1.807, 2.05) is 38.1 Å². The second-order valence-electron chi connectivity index (χ2n) is 4.46. The van der Waals surface area contributed by atoms with Gasteiger partial charge in [0, 0.05) is 12.6 Å². The molecule has 0 aromatic heterocycles. The summed E-state index contributed by atoms with van der Waals surface area (Å²) in [5, 5.41) is 12.3. The van der Waals surface area contributed by atoms with Crippen LogP contribution in [0.4, 0.5) is 0 Å². The highest BCUT2D eigenvalue weighted by atomic mass is 16.5. The number of nitrogens with one attached hydrogen (secondary N) is 1. The second-order valence-corrected chi connectivity index (χ2v) is 4.46. The molecular weight excluding hydrogens is 230 g/mol. The maximum Gasteiger partial charge on any atom is 0.309 e. The molecule has 2 unspecified atom stereocenters. The predicted molar refractivity (Wildman–Crippen MR) is 69.8 cm³/mol. The first-order valence-electron chi connectivity index (χ1n) is 6.08. The van der Waals surface area contributed by atoms with Gasteiger partial charge in [-0.2, -0.15) is 0 Å². The lowest BCUT2D eigenvalue weighted by Gasteiger charge is -2.19. The van der Waals surface area contributed by atoms with Gasteiger partial charge in [0.15, 0.2) is 0 Å². The summed E-state index contributed by atoms with van der Waals surface area (Å²) in [5.41, 5.74) is 1.98. The molecule has 0 saturated heterocycles. The van der Waals surface area contributed by atoms with Gasteiger partial charge in [0.05, 0.1) is 19.6 Å². The fraction of sp³-hybridized carbons (Fsp3) is 0.500. The SMILES string of the molecule is COC(=O)C(C)C(C)NCc1cccc(CO)c1. The van der Waals surface area contributed by atoms with Crippen molar-refractivity contribution in [3.63, 3.8) is 0 Å². The maximum absolute atomic E-state index is 11.4. The normalized spacial score (nSPS) is 14.0. The van der Waals surface area contributed by atoms with E-state index >= 15 is 0 Å². The zero-order chi connectivity index (χ0) is 13.5. The number of aliphatic hydroxyl groups excluding tert-OH is 1. The zero-order valence-corrected chi connectivity index (χ0v) is 11.1. The number of carbonyl (C=O) groups excluding carboxylic acids is 1. The molecular formula is C14H21NO3. The van der Waals surface area contributed by atoms with Gasteiger partial charge in [-0.25, -0.2) is 0 Å². The van der Waals surface area contributed by atoms with Gasteiger partial charge in [-0.15, -0.1) is 0 Å². The van der Waals surface area contributed by atoms with Crippen LogP contribution in [0, 0.1) is 5.92 Å². The number of benzene rings is 1. The summed E-state index contributed by atoms with van der Waals surface area (Å²) in [7, 11) is 1.40. The van der Waals surface area contributed by atoms with Crippen molar-refractivity contribution in [2.24, 2.45) is 5.92 Å². The topological polar surface area (TPSA) is 58.6 Å². The van der Waals surface area contributed by atoms with Gasteiger partial charge in [-0.3, -0.25) is 4.79 Å². The van der Waals surface area contributed by atoms with E-state index in [-0.39, 0.29) is 24.5 Å². The van der Waals surface area contributed by atoms with E-state index in [2.05, 4.69) is 5.32 Å². The van der Waals surface area contributed by atoms with Crippen LogP contribution in [0.2, 0.25) is 0 Å². The summed E-state index contributed by atoms with van der Waals surface area (Å²) in [6.45, 7) is 4.50.